The van der Waals surface area contributed by atoms with Gasteiger partial charge in [-0.15, -0.1) is 0 Å². The maximum absolute atomic E-state index is 9.25. The van der Waals surface area contributed by atoms with Crippen LogP contribution >= 0.6 is 0 Å². The van der Waals surface area contributed by atoms with Gasteiger partial charge in [0.1, 0.15) is 5.75 Å². The lowest BCUT2D eigenvalue weighted by Gasteiger charge is -2.12. The molecule has 0 saturated heterocycles. The molecule has 3 N–H and O–H groups in total. The molecule has 3 aromatic rings. The van der Waals surface area contributed by atoms with E-state index < -0.39 is 0 Å². The zero-order chi connectivity index (χ0) is 17.8. The lowest BCUT2D eigenvalue weighted by Crippen LogP contribution is -2.00. The molecule has 0 saturated carbocycles. The van der Waals surface area contributed by atoms with Crippen molar-refractivity contribution in [1.82, 2.24) is 4.98 Å². The number of hydrogen-bond donors (Lipinski definition) is 2. The van der Waals surface area contributed by atoms with Gasteiger partial charge in [-0.25, -0.2) is 0 Å². The van der Waals surface area contributed by atoms with Gasteiger partial charge >= 0.3 is 0 Å². The zero-order valence-electron chi connectivity index (χ0n) is 14.7. The van der Waals surface area contributed by atoms with E-state index in [2.05, 4.69) is 17.1 Å². The number of hydrogen-bond acceptors (Lipinski definition) is 3. The van der Waals surface area contributed by atoms with Crippen LogP contribution < -0.4 is 10.5 Å². The largest absolute Gasteiger partial charge is 0.496 e. The SMILES string of the molecule is COc1c(C)cccc1-c1[nH]c2ccc(C#N)cc2c1CCCCN. The Kier molecular flexibility index (Phi) is 5.06. The molecule has 0 fully saturated rings. The number of aromatic amines is 1. The summed E-state index contributed by atoms with van der Waals surface area (Å²) in [7, 11) is 1.70. The molecular weight excluding hydrogens is 310 g/mol. The summed E-state index contributed by atoms with van der Waals surface area (Å²) in [6.07, 6.45) is 2.91. The summed E-state index contributed by atoms with van der Waals surface area (Å²) in [5.41, 5.74) is 11.8. The van der Waals surface area contributed by atoms with Crippen LogP contribution in [0.2, 0.25) is 0 Å². The first kappa shape index (κ1) is 17.1. The molecule has 1 aromatic heterocycles. The highest BCUT2D eigenvalue weighted by Gasteiger charge is 2.17. The Balaban J connectivity index is 2.22. The molecule has 0 radical (unpaired) electrons. The molecule has 0 bridgehead atoms. The highest BCUT2D eigenvalue weighted by atomic mass is 16.5. The first-order valence-corrected chi connectivity index (χ1v) is 8.58. The minimum atomic E-state index is 0.675. The third-order valence-electron chi connectivity index (χ3n) is 4.60. The first-order valence-electron chi connectivity index (χ1n) is 8.58. The van der Waals surface area contributed by atoms with Crippen LogP contribution in [0.5, 0.6) is 5.75 Å². The van der Waals surface area contributed by atoms with Crippen LogP contribution in [0.1, 0.15) is 29.5 Å². The van der Waals surface area contributed by atoms with E-state index in [-0.39, 0.29) is 0 Å². The number of ether oxygens (including phenoxy) is 1. The molecule has 0 aliphatic heterocycles. The number of aryl methyl sites for hydroxylation is 2. The van der Waals surface area contributed by atoms with E-state index in [1.54, 1.807) is 7.11 Å². The molecule has 3 rings (SSSR count). The molecule has 1 heterocycles. The Morgan fingerprint density at radius 1 is 1.20 bits per heavy atom. The number of methoxy groups -OCH3 is 1. The number of para-hydroxylation sites is 1. The van der Waals surface area contributed by atoms with Crippen molar-refractivity contribution in [3.8, 4) is 23.1 Å². The van der Waals surface area contributed by atoms with Gasteiger partial charge in [-0.05, 0) is 68.1 Å². The van der Waals surface area contributed by atoms with Gasteiger partial charge < -0.3 is 15.5 Å². The average Bonchev–Trinajstić information content (AvgIpc) is 2.99. The van der Waals surface area contributed by atoms with E-state index >= 15 is 0 Å². The number of H-pyrrole nitrogens is 1. The lowest BCUT2D eigenvalue weighted by atomic mass is 9.98. The van der Waals surface area contributed by atoms with Gasteiger partial charge in [-0.2, -0.15) is 5.26 Å². The highest BCUT2D eigenvalue weighted by Crippen LogP contribution is 2.38. The summed E-state index contributed by atoms with van der Waals surface area (Å²) in [4.78, 5) is 3.54. The van der Waals surface area contributed by atoms with Crippen molar-refractivity contribution in [2.24, 2.45) is 5.73 Å². The fourth-order valence-electron chi connectivity index (χ4n) is 3.37. The van der Waals surface area contributed by atoms with Crippen LogP contribution in [0.4, 0.5) is 0 Å². The van der Waals surface area contributed by atoms with Crippen molar-refractivity contribution in [3.63, 3.8) is 0 Å². The molecule has 0 atom stereocenters. The number of unbranched alkanes of at least 4 members (excludes halogenated alkanes) is 1. The Morgan fingerprint density at radius 3 is 2.76 bits per heavy atom. The fourth-order valence-corrected chi connectivity index (χ4v) is 3.37. The summed E-state index contributed by atoms with van der Waals surface area (Å²) in [6, 6.07) is 14.2. The lowest BCUT2D eigenvalue weighted by molar-refractivity contribution is 0.413. The predicted molar refractivity (Wildman–Crippen MR) is 102 cm³/mol. The van der Waals surface area contributed by atoms with Crippen LogP contribution in [-0.2, 0) is 6.42 Å². The third kappa shape index (κ3) is 3.24. The Labute approximate surface area is 148 Å². The molecule has 128 valence electrons. The normalized spacial score (nSPS) is 10.8. The zero-order valence-corrected chi connectivity index (χ0v) is 14.7. The van der Waals surface area contributed by atoms with E-state index in [0.29, 0.717) is 12.1 Å². The van der Waals surface area contributed by atoms with Crippen molar-refractivity contribution in [2.75, 3.05) is 13.7 Å². The van der Waals surface area contributed by atoms with Gasteiger partial charge in [-0.1, -0.05) is 12.1 Å². The Morgan fingerprint density at radius 2 is 2.04 bits per heavy atom. The standard InChI is InChI=1S/C21H23N3O/c1-14-6-5-8-17(21(14)25-2)20-16(7-3-4-11-22)18-12-15(13-23)9-10-19(18)24-20/h5-6,8-10,12,24H,3-4,7,11,22H2,1-2H3. The highest BCUT2D eigenvalue weighted by molar-refractivity contribution is 5.93. The Hall–Kier alpha value is -2.77. The van der Waals surface area contributed by atoms with E-state index in [1.807, 2.05) is 37.3 Å². The molecule has 4 heteroatoms. The number of nitrogens with one attached hydrogen (secondary N) is 1. The molecule has 0 unspecified atom stereocenters. The van der Waals surface area contributed by atoms with Gasteiger partial charge in [-0.3, -0.25) is 0 Å². The second kappa shape index (κ2) is 7.42. The third-order valence-corrected chi connectivity index (χ3v) is 4.60. The summed E-state index contributed by atoms with van der Waals surface area (Å²) in [6.45, 7) is 2.74. The van der Waals surface area contributed by atoms with Crippen LogP contribution in [0, 0.1) is 18.3 Å². The number of aromatic nitrogens is 1. The van der Waals surface area contributed by atoms with Crippen LogP contribution in [-0.4, -0.2) is 18.6 Å². The summed E-state index contributed by atoms with van der Waals surface area (Å²) in [5, 5.41) is 10.4. The maximum atomic E-state index is 9.25. The molecule has 4 nitrogen and oxygen atoms in total. The summed E-state index contributed by atoms with van der Waals surface area (Å²) in [5.74, 6) is 0.884. The minimum absolute atomic E-state index is 0.675. The number of fused-ring (bicyclic) bond motifs is 1. The first-order chi connectivity index (χ1) is 12.2. The fraction of sp³-hybridized carbons (Fsp3) is 0.286. The van der Waals surface area contributed by atoms with Crippen LogP contribution in [0.25, 0.3) is 22.2 Å². The minimum Gasteiger partial charge on any atom is -0.496 e. The molecule has 25 heavy (non-hydrogen) atoms. The second-order valence-electron chi connectivity index (χ2n) is 6.25. The molecule has 0 aliphatic rings. The summed E-state index contributed by atoms with van der Waals surface area (Å²) >= 11 is 0. The summed E-state index contributed by atoms with van der Waals surface area (Å²) < 4.78 is 5.66. The van der Waals surface area contributed by atoms with Crippen molar-refractivity contribution < 1.29 is 4.74 Å². The van der Waals surface area contributed by atoms with Gasteiger partial charge in [0.05, 0.1) is 24.4 Å². The van der Waals surface area contributed by atoms with Crippen molar-refractivity contribution in [3.05, 3.63) is 53.1 Å². The quantitative estimate of drug-likeness (QED) is 0.660. The monoisotopic (exact) mass is 333 g/mol. The van der Waals surface area contributed by atoms with Gasteiger partial charge in [0, 0.05) is 16.5 Å². The number of nitriles is 1. The maximum Gasteiger partial charge on any atom is 0.131 e. The van der Waals surface area contributed by atoms with E-state index in [9.17, 15) is 5.26 Å². The topological polar surface area (TPSA) is 74.8 Å². The predicted octanol–water partition coefficient (Wildman–Crippen LogP) is 4.31. The van der Waals surface area contributed by atoms with E-state index in [0.717, 1.165) is 52.7 Å². The Bertz CT molecular complexity index is 934. The van der Waals surface area contributed by atoms with Crippen molar-refractivity contribution >= 4 is 10.9 Å². The van der Waals surface area contributed by atoms with Crippen molar-refractivity contribution in [2.45, 2.75) is 26.2 Å². The molecular formula is C21H23N3O. The van der Waals surface area contributed by atoms with Crippen molar-refractivity contribution in [1.29, 1.82) is 5.26 Å². The van der Waals surface area contributed by atoms with Gasteiger partial charge in [0.25, 0.3) is 0 Å². The number of rotatable bonds is 6. The van der Waals surface area contributed by atoms with Gasteiger partial charge in [0.2, 0.25) is 0 Å². The average molecular weight is 333 g/mol. The van der Waals surface area contributed by atoms with Gasteiger partial charge in [0.15, 0.2) is 0 Å². The molecule has 0 amide bonds. The molecule has 0 spiro atoms. The van der Waals surface area contributed by atoms with E-state index in [4.69, 9.17) is 10.5 Å². The second-order valence-corrected chi connectivity index (χ2v) is 6.25. The molecule has 0 aliphatic carbocycles. The number of nitrogens with zero attached hydrogens (tertiary/aromatic N) is 1. The van der Waals surface area contributed by atoms with E-state index in [1.165, 1.54) is 5.56 Å². The smallest absolute Gasteiger partial charge is 0.131 e. The molecule has 2 aromatic carbocycles. The number of nitrogens with two attached hydrogens (primary N) is 1. The number of benzene rings is 2. The van der Waals surface area contributed by atoms with Crippen LogP contribution in [0.3, 0.4) is 0 Å². The van der Waals surface area contributed by atoms with Crippen LogP contribution in [0.15, 0.2) is 36.4 Å².